The van der Waals surface area contributed by atoms with Crippen LogP contribution in [0.4, 0.5) is 0 Å². The quantitative estimate of drug-likeness (QED) is 0.176. The topological polar surface area (TPSA) is 48.5 Å². The van der Waals surface area contributed by atoms with E-state index in [0.717, 1.165) is 52.3 Å². The van der Waals surface area contributed by atoms with Gasteiger partial charge in [-0.1, -0.05) is 91.0 Å². The van der Waals surface area contributed by atoms with E-state index in [2.05, 4.69) is 124 Å². The molecule has 5 aromatic heterocycles. The fourth-order valence-corrected chi connectivity index (χ4v) is 8.51. The van der Waals surface area contributed by atoms with Gasteiger partial charge in [0.15, 0.2) is 0 Å². The van der Waals surface area contributed by atoms with Gasteiger partial charge < -0.3 is 9.13 Å². The number of rotatable bonds is 4. The van der Waals surface area contributed by atoms with E-state index in [9.17, 15) is 0 Å². The molecule has 244 valence electrons. The Morgan fingerprint density at radius 3 is 1.71 bits per heavy atom. The van der Waals surface area contributed by atoms with Crippen LogP contribution in [0.2, 0.25) is 0 Å². The first kappa shape index (κ1) is 28.9. The summed E-state index contributed by atoms with van der Waals surface area (Å²) in [6, 6.07) is 47.6. The Morgan fingerprint density at radius 2 is 1.06 bits per heavy atom. The molecule has 1 aliphatic carbocycles. The normalized spacial score (nSPS) is 13.3. The molecule has 0 saturated carbocycles. The number of pyridine rings is 3. The maximum atomic E-state index is 5.10. The molecule has 10 aromatic rings. The SMILES string of the molecule is C1=CCCC(n2c3ccc4c(c5ccccc5n4-c4cc(-c5ccccn5)nc(-c5ccccn5)c4)c3c3c4ccccc4c4ccccc4c32)=C1. The number of hydrogen-bond acceptors (Lipinski definition) is 3. The maximum absolute atomic E-state index is 5.10. The highest BCUT2D eigenvalue weighted by Crippen LogP contribution is 2.47. The average molecular weight is 666 g/mol. The fourth-order valence-electron chi connectivity index (χ4n) is 8.51. The Labute approximate surface area is 299 Å². The first-order chi connectivity index (χ1) is 25.8. The van der Waals surface area contributed by atoms with E-state index in [1.807, 2.05) is 48.8 Å². The number of allylic oxidation sites excluding steroid dienone is 4. The Balaban J connectivity index is 1.33. The zero-order chi connectivity index (χ0) is 34.2. The van der Waals surface area contributed by atoms with Gasteiger partial charge in [0.2, 0.25) is 0 Å². The van der Waals surface area contributed by atoms with Crippen molar-refractivity contribution in [2.75, 3.05) is 0 Å². The second-order valence-electron chi connectivity index (χ2n) is 13.5. The third kappa shape index (κ3) is 4.20. The van der Waals surface area contributed by atoms with E-state index in [-0.39, 0.29) is 0 Å². The van der Waals surface area contributed by atoms with Gasteiger partial charge in [-0.15, -0.1) is 0 Å². The van der Waals surface area contributed by atoms with E-state index >= 15 is 0 Å². The summed E-state index contributed by atoms with van der Waals surface area (Å²) in [7, 11) is 0. The Bertz CT molecular complexity index is 3050. The van der Waals surface area contributed by atoms with Crippen molar-refractivity contribution in [2.24, 2.45) is 0 Å². The summed E-state index contributed by atoms with van der Waals surface area (Å²) < 4.78 is 4.96. The van der Waals surface area contributed by atoms with Crippen LogP contribution in [-0.2, 0) is 0 Å². The van der Waals surface area contributed by atoms with E-state index < -0.39 is 0 Å². The predicted molar refractivity (Wildman–Crippen MR) is 216 cm³/mol. The standard InChI is InChI=1S/C47H31N5/c1-2-14-30(15-3-1)52-43-25-24-42-44(46(43)45-34-18-6-4-16-32(34)33-17-5-7-19-35(33)47(45)52)36-20-8-9-23-41(36)51(42)31-28-39(37-21-10-12-26-48-37)50-40(29-31)38-22-11-13-27-49-38/h1-2,4-14,16-29H,3,15H2. The molecule has 0 bridgehead atoms. The lowest BCUT2D eigenvalue weighted by Crippen LogP contribution is -2.00. The molecule has 0 unspecified atom stereocenters. The molecule has 5 heterocycles. The molecular weight excluding hydrogens is 635 g/mol. The molecule has 5 aromatic carbocycles. The van der Waals surface area contributed by atoms with Crippen molar-refractivity contribution in [3.05, 3.63) is 164 Å². The van der Waals surface area contributed by atoms with Crippen LogP contribution in [0.25, 0.3) is 99.3 Å². The van der Waals surface area contributed by atoms with Gasteiger partial charge in [0.1, 0.15) is 0 Å². The van der Waals surface area contributed by atoms with Crippen LogP contribution in [0, 0.1) is 0 Å². The molecule has 0 radical (unpaired) electrons. The maximum Gasteiger partial charge on any atom is 0.0915 e. The van der Waals surface area contributed by atoms with Crippen molar-refractivity contribution < 1.29 is 0 Å². The first-order valence-electron chi connectivity index (χ1n) is 17.8. The molecule has 0 N–H and O–H groups in total. The van der Waals surface area contributed by atoms with Gasteiger partial charge in [-0.25, -0.2) is 4.98 Å². The van der Waals surface area contributed by atoms with Gasteiger partial charge in [-0.05, 0) is 89.7 Å². The van der Waals surface area contributed by atoms with E-state index in [1.165, 1.54) is 59.8 Å². The molecule has 52 heavy (non-hydrogen) atoms. The van der Waals surface area contributed by atoms with Crippen LogP contribution >= 0.6 is 0 Å². The lowest BCUT2D eigenvalue weighted by Gasteiger charge is -2.16. The molecule has 0 spiro atoms. The van der Waals surface area contributed by atoms with Gasteiger partial charge in [0, 0.05) is 45.0 Å². The molecule has 0 amide bonds. The zero-order valence-corrected chi connectivity index (χ0v) is 28.2. The number of hydrogen-bond donors (Lipinski definition) is 0. The summed E-state index contributed by atoms with van der Waals surface area (Å²) in [5.41, 5.74) is 10.4. The average Bonchev–Trinajstić information content (AvgIpc) is 3.75. The van der Waals surface area contributed by atoms with Crippen LogP contribution in [-0.4, -0.2) is 24.1 Å². The molecule has 1 aliphatic rings. The van der Waals surface area contributed by atoms with Crippen molar-refractivity contribution in [1.82, 2.24) is 24.1 Å². The Hall–Kier alpha value is -6.85. The highest BCUT2D eigenvalue weighted by atomic mass is 15.0. The lowest BCUT2D eigenvalue weighted by atomic mass is 9.95. The zero-order valence-electron chi connectivity index (χ0n) is 28.2. The van der Waals surface area contributed by atoms with E-state index in [1.54, 1.807) is 0 Å². The summed E-state index contributed by atoms with van der Waals surface area (Å²) in [4.78, 5) is 14.5. The van der Waals surface area contributed by atoms with Crippen molar-refractivity contribution in [3.8, 4) is 28.5 Å². The summed E-state index contributed by atoms with van der Waals surface area (Å²) in [6.45, 7) is 0. The third-order valence-corrected chi connectivity index (χ3v) is 10.6. The Kier molecular flexibility index (Phi) is 6.31. The van der Waals surface area contributed by atoms with Crippen LogP contribution in [0.3, 0.4) is 0 Å². The molecule has 0 fully saturated rings. The molecule has 0 aliphatic heterocycles. The Morgan fingerprint density at radius 1 is 0.462 bits per heavy atom. The third-order valence-electron chi connectivity index (χ3n) is 10.6. The van der Waals surface area contributed by atoms with Gasteiger partial charge >= 0.3 is 0 Å². The largest absolute Gasteiger partial charge is 0.312 e. The number of aromatic nitrogens is 5. The van der Waals surface area contributed by atoms with E-state index in [0.29, 0.717) is 0 Å². The number of nitrogens with zero attached hydrogens (tertiary/aromatic N) is 5. The first-order valence-corrected chi connectivity index (χ1v) is 17.8. The number of fused-ring (bicyclic) bond motifs is 12. The minimum Gasteiger partial charge on any atom is -0.312 e. The van der Waals surface area contributed by atoms with Crippen molar-refractivity contribution in [1.29, 1.82) is 0 Å². The van der Waals surface area contributed by atoms with Crippen molar-refractivity contribution >= 4 is 70.9 Å². The second-order valence-corrected chi connectivity index (χ2v) is 13.5. The fraction of sp³-hybridized carbons (Fsp3) is 0.0426. The van der Waals surface area contributed by atoms with Crippen LogP contribution < -0.4 is 0 Å². The second kappa shape index (κ2) is 11.3. The number of para-hydroxylation sites is 1. The number of benzene rings is 5. The smallest absolute Gasteiger partial charge is 0.0915 e. The minimum atomic E-state index is 0.803. The summed E-state index contributed by atoms with van der Waals surface area (Å²) >= 11 is 0. The summed E-state index contributed by atoms with van der Waals surface area (Å²) in [5, 5.41) is 10.1. The molecule has 5 heteroatoms. The molecular formula is C47H31N5. The molecule has 5 nitrogen and oxygen atoms in total. The summed E-state index contributed by atoms with van der Waals surface area (Å²) in [6.07, 6.45) is 12.4. The van der Waals surface area contributed by atoms with E-state index in [4.69, 9.17) is 15.0 Å². The van der Waals surface area contributed by atoms with Crippen LogP contribution in [0.5, 0.6) is 0 Å². The van der Waals surface area contributed by atoms with Crippen LogP contribution in [0.1, 0.15) is 12.8 Å². The van der Waals surface area contributed by atoms with Gasteiger partial charge in [0.25, 0.3) is 0 Å². The molecule has 0 saturated heterocycles. The molecule has 11 rings (SSSR count). The van der Waals surface area contributed by atoms with Gasteiger partial charge in [-0.3, -0.25) is 9.97 Å². The van der Waals surface area contributed by atoms with Crippen molar-refractivity contribution in [2.45, 2.75) is 12.8 Å². The van der Waals surface area contributed by atoms with Crippen molar-refractivity contribution in [3.63, 3.8) is 0 Å². The van der Waals surface area contributed by atoms with Gasteiger partial charge in [-0.2, -0.15) is 0 Å². The molecule has 0 atom stereocenters. The van der Waals surface area contributed by atoms with Gasteiger partial charge in [0.05, 0.1) is 50.5 Å². The summed E-state index contributed by atoms with van der Waals surface area (Å²) in [5.74, 6) is 0. The highest BCUT2D eigenvalue weighted by Gasteiger charge is 2.25. The lowest BCUT2D eigenvalue weighted by molar-refractivity contribution is 0.981. The monoisotopic (exact) mass is 665 g/mol. The predicted octanol–water partition coefficient (Wildman–Crippen LogP) is 11.9. The highest BCUT2D eigenvalue weighted by molar-refractivity contribution is 6.38. The van der Waals surface area contributed by atoms with Crippen LogP contribution in [0.15, 0.2) is 164 Å². The minimum absolute atomic E-state index is 0.803.